The summed E-state index contributed by atoms with van der Waals surface area (Å²) in [6.07, 6.45) is 2.03. The number of halogens is 1. The molecule has 0 heterocycles. The minimum Gasteiger partial charge on any atom is -0.389 e. The van der Waals surface area contributed by atoms with Crippen LogP contribution in [0.25, 0.3) is 0 Å². The normalized spacial score (nSPS) is 17.8. The van der Waals surface area contributed by atoms with Crippen LogP contribution in [-0.2, 0) is 15.1 Å². The van der Waals surface area contributed by atoms with Gasteiger partial charge in [0.25, 0.3) is 5.90 Å². The summed E-state index contributed by atoms with van der Waals surface area (Å²) in [5, 5.41) is 4.24. The van der Waals surface area contributed by atoms with Gasteiger partial charge in [-0.3, -0.25) is 0 Å². The van der Waals surface area contributed by atoms with Crippen molar-refractivity contribution >= 4 is 21.8 Å². The molecule has 110 valence electrons. The van der Waals surface area contributed by atoms with Crippen molar-refractivity contribution in [3.05, 3.63) is 34.3 Å². The Bertz CT molecular complexity index is 488. The van der Waals surface area contributed by atoms with E-state index in [2.05, 4.69) is 38.7 Å². The van der Waals surface area contributed by atoms with Crippen molar-refractivity contribution in [1.82, 2.24) is 5.48 Å². The van der Waals surface area contributed by atoms with Crippen molar-refractivity contribution in [2.45, 2.75) is 44.6 Å². The van der Waals surface area contributed by atoms with E-state index in [1.165, 1.54) is 5.56 Å². The molecule has 1 aromatic carbocycles. The zero-order valence-electron chi connectivity index (χ0n) is 12.4. The van der Waals surface area contributed by atoms with Crippen LogP contribution in [0.4, 0.5) is 0 Å². The molecule has 5 heteroatoms. The number of rotatable bonds is 4. The zero-order chi connectivity index (χ0) is 14.8. The Morgan fingerprint density at radius 1 is 1.25 bits per heavy atom. The van der Waals surface area contributed by atoms with Crippen molar-refractivity contribution in [1.29, 1.82) is 0 Å². The van der Waals surface area contributed by atoms with Gasteiger partial charge in [-0.15, -0.1) is 0 Å². The summed E-state index contributed by atoms with van der Waals surface area (Å²) in [6.45, 7) is 5.89. The fourth-order valence-electron chi connectivity index (χ4n) is 2.00. The van der Waals surface area contributed by atoms with E-state index in [0.29, 0.717) is 5.90 Å². The van der Waals surface area contributed by atoms with Crippen molar-refractivity contribution in [2.75, 3.05) is 7.05 Å². The molecule has 0 amide bonds. The molecular weight excluding hydrogens is 320 g/mol. The van der Waals surface area contributed by atoms with Crippen LogP contribution in [0.2, 0.25) is 0 Å². The van der Waals surface area contributed by atoms with Crippen molar-refractivity contribution in [3.8, 4) is 0 Å². The fourth-order valence-corrected chi connectivity index (χ4v) is 2.26. The molecule has 20 heavy (non-hydrogen) atoms. The van der Waals surface area contributed by atoms with Gasteiger partial charge in [0.1, 0.15) is 5.60 Å². The quantitative estimate of drug-likeness (QED) is 0.515. The molecule has 0 radical (unpaired) electrons. The predicted octanol–water partition coefficient (Wildman–Crippen LogP) is 3.76. The number of hydroxylamine groups is 1. The van der Waals surface area contributed by atoms with Crippen LogP contribution in [0, 0.1) is 0 Å². The van der Waals surface area contributed by atoms with E-state index < -0.39 is 0 Å². The fraction of sp³-hybridized carbons (Fsp3) is 0.533. The number of nitrogens with one attached hydrogen (secondary N) is 1. The summed E-state index contributed by atoms with van der Waals surface area (Å²) in [7, 11) is 1.73. The summed E-state index contributed by atoms with van der Waals surface area (Å²) in [4.78, 5) is 11.0. The van der Waals surface area contributed by atoms with Crippen LogP contribution >= 0.6 is 15.9 Å². The summed E-state index contributed by atoms with van der Waals surface area (Å²) in [5.41, 5.74) is 3.42. The van der Waals surface area contributed by atoms with E-state index >= 15 is 0 Å². The highest BCUT2D eigenvalue weighted by Gasteiger charge is 2.52. The van der Waals surface area contributed by atoms with Gasteiger partial charge in [-0.25, -0.2) is 0 Å². The first-order valence-corrected chi connectivity index (χ1v) is 7.53. The largest absolute Gasteiger partial charge is 0.389 e. The Labute approximate surface area is 128 Å². The second kappa shape index (κ2) is 5.74. The number of nitrogens with zero attached hydrogens (tertiary/aromatic N) is 1. The van der Waals surface area contributed by atoms with Gasteiger partial charge in [-0.1, -0.05) is 28.1 Å². The zero-order valence-corrected chi connectivity index (χ0v) is 14.0. The maximum atomic E-state index is 5.53. The topological polar surface area (TPSA) is 42.8 Å². The molecule has 1 saturated carbocycles. The highest BCUT2D eigenvalue weighted by molar-refractivity contribution is 9.10. The van der Waals surface area contributed by atoms with Crippen molar-refractivity contribution < 1.29 is 9.68 Å². The Hall–Kier alpha value is -1.07. The third-order valence-electron chi connectivity index (χ3n) is 3.16. The van der Waals surface area contributed by atoms with Crippen molar-refractivity contribution in [2.24, 2.45) is 5.16 Å². The summed E-state index contributed by atoms with van der Waals surface area (Å²) >= 11 is 3.46. The molecule has 0 saturated heterocycles. The Morgan fingerprint density at radius 3 is 2.30 bits per heavy atom. The van der Waals surface area contributed by atoms with Gasteiger partial charge >= 0.3 is 0 Å². The third-order valence-corrected chi connectivity index (χ3v) is 3.69. The van der Waals surface area contributed by atoms with E-state index in [4.69, 9.17) is 9.68 Å². The average Bonchev–Trinajstić information content (AvgIpc) is 3.15. The van der Waals surface area contributed by atoms with Gasteiger partial charge in [0, 0.05) is 11.5 Å². The number of hydrogen-bond acceptors (Lipinski definition) is 4. The summed E-state index contributed by atoms with van der Waals surface area (Å²) < 4.78 is 1.07. The van der Waals surface area contributed by atoms with Crippen LogP contribution < -0.4 is 5.48 Å². The Kier molecular flexibility index (Phi) is 4.39. The molecule has 0 bridgehead atoms. The van der Waals surface area contributed by atoms with E-state index in [1.807, 2.05) is 32.9 Å². The molecule has 1 aliphatic carbocycles. The first kappa shape index (κ1) is 15.3. The minimum absolute atomic E-state index is 0.158. The molecule has 0 aromatic heterocycles. The van der Waals surface area contributed by atoms with Gasteiger partial charge in [-0.05, 0) is 56.5 Å². The Balaban J connectivity index is 2.26. The molecule has 1 aliphatic rings. The van der Waals surface area contributed by atoms with Gasteiger partial charge in [0.2, 0.25) is 0 Å². The standard InChI is InChI=1S/C15H21BrN2O2/c1-14(2,3)20-18-13(19-17-4)15(9-10-15)11-5-7-12(16)8-6-11/h5-8,17H,9-10H2,1-4H3/b18-13-. The first-order chi connectivity index (χ1) is 9.37. The lowest BCUT2D eigenvalue weighted by Gasteiger charge is -2.21. The molecule has 0 atom stereocenters. The molecule has 0 unspecified atom stereocenters. The summed E-state index contributed by atoms with van der Waals surface area (Å²) in [5.74, 6) is 0.595. The molecule has 0 aliphatic heterocycles. The number of hydrogen-bond donors (Lipinski definition) is 1. The molecule has 1 aromatic rings. The average molecular weight is 341 g/mol. The second-order valence-corrected chi connectivity index (χ2v) is 6.91. The smallest absolute Gasteiger partial charge is 0.260 e. The minimum atomic E-state index is -0.335. The Morgan fingerprint density at radius 2 is 1.85 bits per heavy atom. The highest BCUT2D eigenvalue weighted by Crippen LogP contribution is 2.50. The predicted molar refractivity (Wildman–Crippen MR) is 83.5 cm³/mol. The van der Waals surface area contributed by atoms with Crippen LogP contribution in [0.15, 0.2) is 33.9 Å². The first-order valence-electron chi connectivity index (χ1n) is 6.74. The molecule has 2 rings (SSSR count). The number of benzene rings is 1. The molecule has 1 fully saturated rings. The third kappa shape index (κ3) is 3.52. The van der Waals surface area contributed by atoms with Crippen LogP contribution in [0.5, 0.6) is 0 Å². The monoisotopic (exact) mass is 340 g/mol. The van der Waals surface area contributed by atoms with Crippen molar-refractivity contribution in [3.63, 3.8) is 0 Å². The lowest BCUT2D eigenvalue weighted by atomic mass is 9.96. The molecule has 0 spiro atoms. The maximum absolute atomic E-state index is 5.53. The molecule has 4 nitrogen and oxygen atoms in total. The van der Waals surface area contributed by atoms with E-state index in [0.717, 1.165) is 17.3 Å². The van der Waals surface area contributed by atoms with Gasteiger partial charge in [-0.2, -0.15) is 5.48 Å². The van der Waals surface area contributed by atoms with Crippen LogP contribution in [0.1, 0.15) is 39.2 Å². The van der Waals surface area contributed by atoms with E-state index in [-0.39, 0.29) is 11.0 Å². The van der Waals surface area contributed by atoms with E-state index in [9.17, 15) is 0 Å². The van der Waals surface area contributed by atoms with Crippen LogP contribution in [0.3, 0.4) is 0 Å². The molecular formula is C15H21BrN2O2. The summed E-state index contributed by atoms with van der Waals surface area (Å²) in [6, 6.07) is 8.28. The lowest BCUT2D eigenvalue weighted by molar-refractivity contribution is -0.00725. The second-order valence-electron chi connectivity index (χ2n) is 6.00. The van der Waals surface area contributed by atoms with Gasteiger partial charge in [0.15, 0.2) is 0 Å². The highest BCUT2D eigenvalue weighted by atomic mass is 79.9. The lowest BCUT2D eigenvalue weighted by Crippen LogP contribution is -2.30. The SMILES string of the molecule is CNO/C(=N\OC(C)(C)C)C1(c2ccc(Br)cc2)CC1. The number of oxime groups is 1. The van der Waals surface area contributed by atoms with E-state index in [1.54, 1.807) is 7.05 Å². The maximum Gasteiger partial charge on any atom is 0.260 e. The van der Waals surface area contributed by atoms with Crippen LogP contribution in [-0.4, -0.2) is 18.5 Å². The van der Waals surface area contributed by atoms with Gasteiger partial charge in [0.05, 0.1) is 5.41 Å². The van der Waals surface area contributed by atoms with Gasteiger partial charge < -0.3 is 9.68 Å². The molecule has 1 N–H and O–H groups in total.